The molecule has 1 aliphatic rings. The van der Waals surface area contributed by atoms with Crippen molar-refractivity contribution in [1.29, 1.82) is 0 Å². The number of rotatable bonds is 3. The molecule has 0 spiro atoms. The summed E-state index contributed by atoms with van der Waals surface area (Å²) in [5.74, 6) is -0.535. The molecule has 8 heteroatoms. The molecule has 1 aliphatic heterocycles. The summed E-state index contributed by atoms with van der Waals surface area (Å²) in [5, 5.41) is 4.18. The molecule has 2 rings (SSSR count). The molecule has 102 valence electrons. The number of nitrogens with two attached hydrogens (primary N) is 2. The van der Waals surface area contributed by atoms with E-state index >= 15 is 0 Å². The van der Waals surface area contributed by atoms with E-state index in [4.69, 9.17) is 11.5 Å². The molecule has 1 atom stereocenters. The van der Waals surface area contributed by atoms with Crippen LogP contribution in [-0.4, -0.2) is 39.6 Å². The predicted molar refractivity (Wildman–Crippen MR) is 73.3 cm³/mol. The number of hydrogen-bond donors (Lipinski definition) is 2. The van der Waals surface area contributed by atoms with Crippen LogP contribution in [0, 0.1) is 0 Å². The van der Waals surface area contributed by atoms with E-state index in [2.05, 4.69) is 27.6 Å². The second kappa shape index (κ2) is 5.04. The van der Waals surface area contributed by atoms with Crippen molar-refractivity contribution in [2.24, 2.45) is 5.73 Å². The summed E-state index contributed by atoms with van der Waals surface area (Å²) in [4.78, 5) is 24.5. The fourth-order valence-electron chi connectivity index (χ4n) is 2.20. The summed E-state index contributed by atoms with van der Waals surface area (Å²) in [6.45, 7) is 4.55. The molecule has 0 aliphatic carbocycles. The van der Waals surface area contributed by atoms with Gasteiger partial charge in [0.05, 0.1) is 6.04 Å². The molecule has 19 heavy (non-hydrogen) atoms. The Balaban J connectivity index is 2.25. The fraction of sp³-hybridized carbons (Fsp3) is 0.364. The minimum absolute atomic E-state index is 0.0618. The summed E-state index contributed by atoms with van der Waals surface area (Å²) in [7, 11) is 0. The van der Waals surface area contributed by atoms with E-state index in [9.17, 15) is 9.59 Å². The smallest absolute Gasteiger partial charge is 0.255 e. The van der Waals surface area contributed by atoms with Gasteiger partial charge in [-0.25, -0.2) is 4.68 Å². The number of nitrogens with zero attached hydrogens (tertiary/aromatic N) is 3. The van der Waals surface area contributed by atoms with Crippen molar-refractivity contribution < 1.29 is 9.59 Å². The Hall–Kier alpha value is -1.83. The van der Waals surface area contributed by atoms with E-state index in [1.807, 2.05) is 0 Å². The molecule has 1 aromatic heterocycles. The zero-order valence-corrected chi connectivity index (χ0v) is 11.8. The van der Waals surface area contributed by atoms with Crippen LogP contribution in [-0.2, 0) is 4.79 Å². The number of primary amides is 1. The van der Waals surface area contributed by atoms with Gasteiger partial charge in [0.1, 0.15) is 16.0 Å². The van der Waals surface area contributed by atoms with Crippen molar-refractivity contribution in [3.8, 4) is 0 Å². The van der Waals surface area contributed by atoms with Crippen LogP contribution < -0.4 is 11.5 Å². The van der Waals surface area contributed by atoms with Gasteiger partial charge >= 0.3 is 0 Å². The Morgan fingerprint density at radius 2 is 2.21 bits per heavy atom. The van der Waals surface area contributed by atoms with Crippen molar-refractivity contribution in [3.63, 3.8) is 0 Å². The number of carbonyl (C=O) groups excluding carboxylic acids is 2. The maximum Gasteiger partial charge on any atom is 0.255 e. The lowest BCUT2D eigenvalue weighted by Gasteiger charge is -2.15. The lowest BCUT2D eigenvalue weighted by atomic mass is 10.2. The predicted octanol–water partition coefficient (Wildman–Crippen LogP) is 0.286. The minimum Gasteiger partial charge on any atom is -0.383 e. The maximum absolute atomic E-state index is 11.5. The van der Waals surface area contributed by atoms with Gasteiger partial charge in [-0.1, -0.05) is 6.58 Å². The van der Waals surface area contributed by atoms with Crippen LogP contribution in [0.15, 0.2) is 17.3 Å². The summed E-state index contributed by atoms with van der Waals surface area (Å²) < 4.78 is 1.87. The monoisotopic (exact) mass is 327 g/mol. The van der Waals surface area contributed by atoms with Crippen LogP contribution in [0.25, 0.3) is 0 Å². The normalized spacial score (nSPS) is 18.6. The highest BCUT2D eigenvalue weighted by Gasteiger charge is 2.30. The first kappa shape index (κ1) is 13.6. The van der Waals surface area contributed by atoms with Gasteiger partial charge in [0, 0.05) is 13.1 Å². The van der Waals surface area contributed by atoms with Gasteiger partial charge < -0.3 is 16.4 Å². The van der Waals surface area contributed by atoms with E-state index in [-0.39, 0.29) is 23.3 Å². The molecule has 1 unspecified atom stereocenters. The van der Waals surface area contributed by atoms with E-state index in [1.54, 1.807) is 9.58 Å². The molecular formula is C11H14BrN5O2. The molecule has 1 aromatic rings. The standard InChI is InChI=1S/C11H14BrN5O2/c1-2-7(18)16-4-3-6(5-16)17-10(13)8(11(14)19)9(12)15-17/h2,6H,1,3-5,13H2,(H2,14,19). The number of carbonyl (C=O) groups is 2. The lowest BCUT2D eigenvalue weighted by molar-refractivity contribution is -0.125. The maximum atomic E-state index is 11.5. The average Bonchev–Trinajstić information content (AvgIpc) is 2.93. The summed E-state index contributed by atoms with van der Waals surface area (Å²) in [5.41, 5.74) is 11.3. The Morgan fingerprint density at radius 3 is 2.74 bits per heavy atom. The molecule has 0 bridgehead atoms. The summed E-state index contributed by atoms with van der Waals surface area (Å²) >= 11 is 3.16. The van der Waals surface area contributed by atoms with Crippen molar-refractivity contribution >= 4 is 33.6 Å². The molecule has 4 N–H and O–H groups in total. The number of amides is 2. The lowest BCUT2D eigenvalue weighted by Crippen LogP contribution is -2.27. The van der Waals surface area contributed by atoms with Crippen molar-refractivity contribution in [2.45, 2.75) is 12.5 Å². The molecule has 2 amide bonds. The first-order valence-electron chi connectivity index (χ1n) is 5.70. The van der Waals surface area contributed by atoms with Gasteiger partial charge in [-0.2, -0.15) is 5.10 Å². The highest BCUT2D eigenvalue weighted by atomic mass is 79.9. The number of hydrogen-bond acceptors (Lipinski definition) is 4. The van der Waals surface area contributed by atoms with E-state index in [0.717, 1.165) is 6.42 Å². The van der Waals surface area contributed by atoms with Crippen LogP contribution >= 0.6 is 15.9 Å². The number of aromatic nitrogens is 2. The zero-order chi connectivity index (χ0) is 14.2. The van der Waals surface area contributed by atoms with Crippen molar-refractivity contribution in [3.05, 3.63) is 22.8 Å². The summed E-state index contributed by atoms with van der Waals surface area (Å²) in [6, 6.07) is -0.0618. The molecule has 0 radical (unpaired) electrons. The van der Waals surface area contributed by atoms with Gasteiger partial charge in [-0.3, -0.25) is 9.59 Å². The Morgan fingerprint density at radius 1 is 1.53 bits per heavy atom. The Bertz CT molecular complexity index is 554. The van der Waals surface area contributed by atoms with Crippen LogP contribution in [0.2, 0.25) is 0 Å². The Labute approximate surface area is 118 Å². The first-order valence-corrected chi connectivity index (χ1v) is 6.49. The number of nitrogen functional groups attached to an aromatic ring is 1. The van der Waals surface area contributed by atoms with Crippen molar-refractivity contribution in [2.75, 3.05) is 18.8 Å². The number of anilines is 1. The van der Waals surface area contributed by atoms with Gasteiger partial charge in [0.15, 0.2) is 0 Å². The van der Waals surface area contributed by atoms with E-state index in [1.165, 1.54) is 6.08 Å². The third kappa shape index (κ3) is 2.35. The molecule has 2 heterocycles. The molecule has 7 nitrogen and oxygen atoms in total. The second-order valence-corrected chi connectivity index (χ2v) is 5.04. The largest absolute Gasteiger partial charge is 0.383 e. The van der Waals surface area contributed by atoms with Gasteiger partial charge in [0.2, 0.25) is 5.91 Å². The van der Waals surface area contributed by atoms with E-state index < -0.39 is 5.91 Å². The molecule has 0 saturated carbocycles. The van der Waals surface area contributed by atoms with Crippen LogP contribution in [0.4, 0.5) is 5.82 Å². The minimum atomic E-state index is -0.632. The number of halogens is 1. The van der Waals surface area contributed by atoms with Crippen LogP contribution in [0.1, 0.15) is 22.8 Å². The topological polar surface area (TPSA) is 107 Å². The fourth-order valence-corrected chi connectivity index (χ4v) is 2.77. The highest BCUT2D eigenvalue weighted by molar-refractivity contribution is 9.10. The molecule has 1 fully saturated rings. The van der Waals surface area contributed by atoms with Gasteiger partial charge in [-0.05, 0) is 28.4 Å². The van der Waals surface area contributed by atoms with Gasteiger partial charge in [-0.15, -0.1) is 0 Å². The van der Waals surface area contributed by atoms with Crippen LogP contribution in [0.3, 0.4) is 0 Å². The second-order valence-electron chi connectivity index (χ2n) is 4.29. The molecule has 1 saturated heterocycles. The Kier molecular flexibility index (Phi) is 3.61. The third-order valence-corrected chi connectivity index (χ3v) is 3.70. The van der Waals surface area contributed by atoms with Gasteiger partial charge in [0.25, 0.3) is 5.91 Å². The third-order valence-electron chi connectivity index (χ3n) is 3.15. The zero-order valence-electron chi connectivity index (χ0n) is 10.2. The average molecular weight is 328 g/mol. The molecular weight excluding hydrogens is 314 g/mol. The van der Waals surface area contributed by atoms with Crippen molar-refractivity contribution in [1.82, 2.24) is 14.7 Å². The SMILES string of the molecule is C=CC(=O)N1CCC(n2nc(Br)c(C(N)=O)c2N)C1. The highest BCUT2D eigenvalue weighted by Crippen LogP contribution is 2.29. The quantitative estimate of drug-likeness (QED) is 0.777. The molecule has 0 aromatic carbocycles. The van der Waals surface area contributed by atoms with Crippen LogP contribution in [0.5, 0.6) is 0 Å². The first-order chi connectivity index (χ1) is 8.95. The number of likely N-dealkylation sites (tertiary alicyclic amines) is 1. The summed E-state index contributed by atoms with van der Waals surface area (Å²) in [6.07, 6.45) is 2.00. The van der Waals surface area contributed by atoms with E-state index in [0.29, 0.717) is 17.7 Å².